The summed E-state index contributed by atoms with van der Waals surface area (Å²) in [5.74, 6) is 0.0628. The number of hydrogen-bond acceptors (Lipinski definition) is 7. The van der Waals surface area contributed by atoms with Crippen LogP contribution in [0, 0.1) is 0 Å². The van der Waals surface area contributed by atoms with Gasteiger partial charge >= 0.3 is 5.97 Å². The van der Waals surface area contributed by atoms with Gasteiger partial charge in [-0.1, -0.05) is 36.1 Å². The van der Waals surface area contributed by atoms with Crippen molar-refractivity contribution < 1.29 is 13.9 Å². The Balaban J connectivity index is 1.93. The second kappa shape index (κ2) is 8.95. The number of thioether (sulfide) groups is 1. The minimum atomic E-state index is -0.636. The SMILES string of the molecule is C=CCOC(=O)C1=C(C)N=c2sc(=Cc3ccco3)c(=O)n2C1c1ccc(SC)cc1. The summed E-state index contributed by atoms with van der Waals surface area (Å²) in [6.45, 7) is 5.44. The lowest BCUT2D eigenvalue weighted by Gasteiger charge is -2.24. The highest BCUT2D eigenvalue weighted by molar-refractivity contribution is 7.98. The summed E-state index contributed by atoms with van der Waals surface area (Å²) < 4.78 is 12.7. The van der Waals surface area contributed by atoms with Crippen LogP contribution in [0.3, 0.4) is 0 Å². The molecule has 1 aliphatic rings. The first-order valence-electron chi connectivity index (χ1n) is 9.51. The minimum Gasteiger partial charge on any atom is -0.465 e. The average Bonchev–Trinajstić information content (AvgIpc) is 3.39. The van der Waals surface area contributed by atoms with Crippen LogP contribution in [0.2, 0.25) is 0 Å². The number of allylic oxidation sites excluding steroid dienone is 1. The van der Waals surface area contributed by atoms with Crippen molar-refractivity contribution >= 4 is 35.1 Å². The maximum absolute atomic E-state index is 13.4. The van der Waals surface area contributed by atoms with E-state index >= 15 is 0 Å². The second-order valence-corrected chi connectivity index (χ2v) is 8.65. The topological polar surface area (TPSA) is 73.8 Å². The number of thiazole rings is 1. The van der Waals surface area contributed by atoms with Gasteiger partial charge < -0.3 is 9.15 Å². The third-order valence-corrected chi connectivity index (χ3v) is 6.55. The Hall–Kier alpha value is -3.10. The molecule has 0 bridgehead atoms. The van der Waals surface area contributed by atoms with E-state index in [4.69, 9.17) is 9.15 Å². The van der Waals surface area contributed by atoms with Gasteiger partial charge in [-0.25, -0.2) is 9.79 Å². The van der Waals surface area contributed by atoms with Gasteiger partial charge in [0.05, 0.1) is 28.1 Å². The summed E-state index contributed by atoms with van der Waals surface area (Å²) in [5.41, 5.74) is 1.44. The number of furan rings is 1. The molecule has 3 aromatic rings. The number of esters is 1. The van der Waals surface area contributed by atoms with E-state index in [2.05, 4.69) is 11.6 Å². The standard InChI is InChI=1S/C23H20N2O4S2/c1-4-11-29-22(27)19-14(2)24-23-25(20(19)15-7-9-17(30-3)10-8-15)21(26)18(31-23)13-16-6-5-12-28-16/h4-10,12-13,20H,1,11H2,2-3H3. The van der Waals surface area contributed by atoms with E-state index in [1.54, 1.807) is 47.7 Å². The van der Waals surface area contributed by atoms with Gasteiger partial charge in [-0.05, 0) is 43.0 Å². The number of hydrogen-bond donors (Lipinski definition) is 0. The maximum Gasteiger partial charge on any atom is 0.338 e. The lowest BCUT2D eigenvalue weighted by molar-refractivity contribution is -0.138. The van der Waals surface area contributed by atoms with Gasteiger partial charge in [0.1, 0.15) is 12.4 Å². The first-order chi connectivity index (χ1) is 15.0. The van der Waals surface area contributed by atoms with Gasteiger partial charge in [-0.15, -0.1) is 11.8 Å². The zero-order valence-corrected chi connectivity index (χ0v) is 18.7. The number of aromatic nitrogens is 1. The first kappa shape index (κ1) is 21.1. The van der Waals surface area contributed by atoms with Gasteiger partial charge in [0.2, 0.25) is 0 Å². The fourth-order valence-corrected chi connectivity index (χ4v) is 4.83. The van der Waals surface area contributed by atoms with Crippen LogP contribution < -0.4 is 14.9 Å². The van der Waals surface area contributed by atoms with Crippen molar-refractivity contribution in [2.45, 2.75) is 17.9 Å². The number of rotatable bonds is 6. The number of nitrogens with zero attached hydrogens (tertiary/aromatic N) is 2. The van der Waals surface area contributed by atoms with Crippen LogP contribution in [-0.4, -0.2) is 23.4 Å². The van der Waals surface area contributed by atoms with E-state index in [9.17, 15) is 9.59 Å². The summed E-state index contributed by atoms with van der Waals surface area (Å²) in [7, 11) is 0. The Morgan fingerprint density at radius 1 is 1.35 bits per heavy atom. The van der Waals surface area contributed by atoms with Gasteiger partial charge in [-0.2, -0.15) is 0 Å². The molecule has 1 unspecified atom stereocenters. The van der Waals surface area contributed by atoms with E-state index in [1.807, 2.05) is 30.5 Å². The fraction of sp³-hybridized carbons (Fsp3) is 0.174. The lowest BCUT2D eigenvalue weighted by Crippen LogP contribution is -2.39. The molecule has 1 aromatic carbocycles. The van der Waals surface area contributed by atoms with Crippen molar-refractivity contribution in [3.63, 3.8) is 0 Å². The Bertz CT molecular complexity index is 1330. The molecular formula is C23H20N2O4S2. The third kappa shape index (κ3) is 4.08. The van der Waals surface area contributed by atoms with Crippen LogP contribution >= 0.6 is 23.1 Å². The van der Waals surface area contributed by atoms with E-state index in [0.29, 0.717) is 26.4 Å². The number of carbonyl (C=O) groups is 1. The fourth-order valence-electron chi connectivity index (χ4n) is 3.40. The molecule has 0 saturated carbocycles. The van der Waals surface area contributed by atoms with E-state index in [-0.39, 0.29) is 12.2 Å². The normalized spacial score (nSPS) is 16.1. The molecule has 6 nitrogen and oxygen atoms in total. The van der Waals surface area contributed by atoms with E-state index in [1.165, 1.54) is 17.4 Å². The molecule has 158 valence electrons. The van der Waals surface area contributed by atoms with Crippen LogP contribution in [0.15, 0.2) is 85.7 Å². The van der Waals surface area contributed by atoms with Crippen molar-refractivity contribution in [3.05, 3.63) is 97.6 Å². The molecule has 0 spiro atoms. The molecule has 31 heavy (non-hydrogen) atoms. The molecule has 0 N–H and O–H groups in total. The monoisotopic (exact) mass is 452 g/mol. The van der Waals surface area contributed by atoms with E-state index in [0.717, 1.165) is 10.5 Å². The maximum atomic E-state index is 13.4. The lowest BCUT2D eigenvalue weighted by atomic mass is 9.96. The summed E-state index contributed by atoms with van der Waals surface area (Å²) in [6, 6.07) is 10.7. The zero-order chi connectivity index (χ0) is 22.0. The van der Waals surface area contributed by atoms with Gasteiger partial charge in [0.25, 0.3) is 5.56 Å². The quantitative estimate of drug-likeness (QED) is 0.326. The van der Waals surface area contributed by atoms with Crippen molar-refractivity contribution in [1.29, 1.82) is 0 Å². The third-order valence-electron chi connectivity index (χ3n) is 4.82. The van der Waals surface area contributed by atoms with E-state index < -0.39 is 12.0 Å². The van der Waals surface area contributed by atoms with Crippen molar-refractivity contribution in [2.75, 3.05) is 12.9 Å². The molecule has 8 heteroatoms. The van der Waals surface area contributed by atoms with Crippen LogP contribution in [-0.2, 0) is 9.53 Å². The number of benzene rings is 1. The van der Waals surface area contributed by atoms with Gasteiger partial charge in [0, 0.05) is 11.0 Å². The van der Waals surface area contributed by atoms with Crippen molar-refractivity contribution in [2.24, 2.45) is 4.99 Å². The summed E-state index contributed by atoms with van der Waals surface area (Å²) in [5, 5.41) is 0. The van der Waals surface area contributed by atoms with Crippen LogP contribution in [0.1, 0.15) is 24.3 Å². The Morgan fingerprint density at radius 2 is 2.13 bits per heavy atom. The molecule has 0 amide bonds. The predicted octanol–water partition coefficient (Wildman–Crippen LogP) is 3.28. The van der Waals surface area contributed by atoms with Gasteiger partial charge in [-0.3, -0.25) is 9.36 Å². The molecule has 2 aromatic heterocycles. The smallest absolute Gasteiger partial charge is 0.338 e. The van der Waals surface area contributed by atoms with Crippen LogP contribution in [0.25, 0.3) is 6.08 Å². The molecule has 3 heterocycles. The number of carbonyl (C=O) groups excluding carboxylic acids is 1. The van der Waals surface area contributed by atoms with Crippen molar-refractivity contribution in [1.82, 2.24) is 4.57 Å². The average molecular weight is 453 g/mol. The minimum absolute atomic E-state index is 0.0800. The van der Waals surface area contributed by atoms with Crippen molar-refractivity contribution in [3.8, 4) is 0 Å². The van der Waals surface area contributed by atoms with Gasteiger partial charge in [0.15, 0.2) is 4.80 Å². The molecule has 0 radical (unpaired) electrons. The summed E-state index contributed by atoms with van der Waals surface area (Å²) in [6.07, 6.45) is 6.74. The summed E-state index contributed by atoms with van der Waals surface area (Å²) in [4.78, 5) is 32.5. The predicted molar refractivity (Wildman–Crippen MR) is 122 cm³/mol. The number of fused-ring (bicyclic) bond motifs is 1. The highest BCUT2D eigenvalue weighted by Gasteiger charge is 2.33. The second-order valence-electron chi connectivity index (χ2n) is 6.76. The number of ether oxygens (including phenoxy) is 1. The Morgan fingerprint density at radius 3 is 2.77 bits per heavy atom. The molecule has 0 aliphatic carbocycles. The Labute approximate surface area is 186 Å². The molecule has 1 aliphatic heterocycles. The summed E-state index contributed by atoms with van der Waals surface area (Å²) >= 11 is 2.89. The van der Waals surface area contributed by atoms with Crippen LogP contribution in [0.4, 0.5) is 0 Å². The molecule has 1 atom stereocenters. The Kier molecular flexibility index (Phi) is 6.11. The zero-order valence-electron chi connectivity index (χ0n) is 17.0. The molecular weight excluding hydrogens is 432 g/mol. The highest BCUT2D eigenvalue weighted by atomic mass is 32.2. The largest absolute Gasteiger partial charge is 0.465 e. The first-order valence-corrected chi connectivity index (χ1v) is 11.6. The molecule has 0 fully saturated rings. The molecule has 4 rings (SSSR count). The van der Waals surface area contributed by atoms with Crippen LogP contribution in [0.5, 0.6) is 0 Å². The molecule has 0 saturated heterocycles. The highest BCUT2D eigenvalue weighted by Crippen LogP contribution is 2.31.